The summed E-state index contributed by atoms with van der Waals surface area (Å²) in [5.74, 6) is -0.475. The quantitative estimate of drug-likeness (QED) is 0.641. The molecule has 2 rings (SSSR count). The van der Waals surface area contributed by atoms with E-state index in [2.05, 4.69) is 5.32 Å². The molecule has 0 bridgehead atoms. The maximum absolute atomic E-state index is 12.2. The van der Waals surface area contributed by atoms with E-state index in [1.165, 1.54) is 0 Å². The summed E-state index contributed by atoms with van der Waals surface area (Å²) < 4.78 is 5.37. The molecule has 4 nitrogen and oxygen atoms in total. The number of rotatable bonds is 1. The molecule has 0 saturated heterocycles. The van der Waals surface area contributed by atoms with Crippen molar-refractivity contribution in [2.45, 2.75) is 32.7 Å². The second kappa shape index (κ2) is 7.41. The Bertz CT molecular complexity index is 510. The maximum atomic E-state index is 12.2. The van der Waals surface area contributed by atoms with Gasteiger partial charge in [-0.3, -0.25) is 9.59 Å². The van der Waals surface area contributed by atoms with Gasteiger partial charge >= 0.3 is 5.97 Å². The minimum absolute atomic E-state index is 0.0114. The molecule has 0 aliphatic carbocycles. The van der Waals surface area contributed by atoms with E-state index in [9.17, 15) is 9.59 Å². The predicted octanol–water partition coefficient (Wildman–Crippen LogP) is 3.07. The molecule has 5 heteroatoms. The number of carbonyl (C=O) groups excluding carboxylic acids is 2. The van der Waals surface area contributed by atoms with Crippen LogP contribution in [0.15, 0.2) is 29.7 Å². The standard InChI is InChI=1S/C16H21NO3S/c1-11-6-3-4-7-12(2)16(19)20-10-13(17-15(11)18)14-8-5-9-21-14/h3-5,8-9,11-13H,6-7,10H2,1-2H3,(H,17,18)/b4-3+/t11-,12+,13?/m0/s1. The van der Waals surface area contributed by atoms with Crippen molar-refractivity contribution in [2.75, 3.05) is 6.61 Å². The lowest BCUT2D eigenvalue weighted by atomic mass is 10.0. The topological polar surface area (TPSA) is 55.4 Å². The molecular formula is C16H21NO3S. The number of hydrogen-bond donors (Lipinski definition) is 1. The van der Waals surface area contributed by atoms with Gasteiger partial charge < -0.3 is 10.1 Å². The van der Waals surface area contributed by atoms with Crippen molar-refractivity contribution in [1.29, 1.82) is 0 Å². The highest BCUT2D eigenvalue weighted by atomic mass is 32.1. The lowest BCUT2D eigenvalue weighted by Crippen LogP contribution is -2.35. The van der Waals surface area contributed by atoms with Crippen LogP contribution in [0.5, 0.6) is 0 Å². The molecular weight excluding hydrogens is 286 g/mol. The number of amides is 1. The van der Waals surface area contributed by atoms with Gasteiger partial charge in [-0.05, 0) is 24.3 Å². The monoisotopic (exact) mass is 307 g/mol. The number of hydrogen-bond acceptors (Lipinski definition) is 4. The average molecular weight is 307 g/mol. The van der Waals surface area contributed by atoms with Crippen LogP contribution in [0, 0.1) is 11.8 Å². The minimum atomic E-state index is -0.264. The van der Waals surface area contributed by atoms with Gasteiger partial charge in [0.15, 0.2) is 0 Å². The van der Waals surface area contributed by atoms with Crippen LogP contribution in [0.2, 0.25) is 0 Å². The number of thiophene rings is 1. The first-order chi connectivity index (χ1) is 10.1. The van der Waals surface area contributed by atoms with Gasteiger partial charge in [-0.25, -0.2) is 0 Å². The van der Waals surface area contributed by atoms with Gasteiger partial charge in [0, 0.05) is 10.8 Å². The van der Waals surface area contributed by atoms with Gasteiger partial charge in [0.25, 0.3) is 0 Å². The van der Waals surface area contributed by atoms with Gasteiger partial charge in [0.05, 0.1) is 12.0 Å². The zero-order valence-corrected chi connectivity index (χ0v) is 13.2. The molecule has 0 spiro atoms. The number of allylic oxidation sites excluding steroid dienone is 2. The molecule has 1 amide bonds. The van der Waals surface area contributed by atoms with E-state index < -0.39 is 0 Å². The van der Waals surface area contributed by atoms with E-state index >= 15 is 0 Å². The Morgan fingerprint density at radius 1 is 1.19 bits per heavy atom. The van der Waals surface area contributed by atoms with Gasteiger partial charge in [0.1, 0.15) is 6.61 Å². The van der Waals surface area contributed by atoms with Crippen LogP contribution >= 0.6 is 11.3 Å². The number of ether oxygens (including phenoxy) is 1. The third-order valence-electron chi connectivity index (χ3n) is 3.59. The average Bonchev–Trinajstić information content (AvgIpc) is 2.99. The molecule has 2 heterocycles. The number of carbonyl (C=O) groups is 2. The third kappa shape index (κ3) is 4.43. The Morgan fingerprint density at radius 3 is 2.57 bits per heavy atom. The van der Waals surface area contributed by atoms with Crippen LogP contribution in [-0.2, 0) is 14.3 Å². The molecule has 1 aromatic heterocycles. The molecule has 0 fully saturated rings. The maximum Gasteiger partial charge on any atom is 0.309 e. The largest absolute Gasteiger partial charge is 0.463 e. The Morgan fingerprint density at radius 2 is 1.90 bits per heavy atom. The SMILES string of the molecule is C[C@@H]1C/C=C/C[C@H](C)C(=O)NC(c2cccs2)COC1=O. The minimum Gasteiger partial charge on any atom is -0.463 e. The smallest absolute Gasteiger partial charge is 0.309 e. The van der Waals surface area contributed by atoms with Crippen LogP contribution in [0.1, 0.15) is 37.6 Å². The third-order valence-corrected chi connectivity index (χ3v) is 4.58. The van der Waals surface area contributed by atoms with Crippen molar-refractivity contribution < 1.29 is 14.3 Å². The highest BCUT2D eigenvalue weighted by Gasteiger charge is 2.22. The Hall–Kier alpha value is -1.62. The molecule has 1 aliphatic heterocycles. The van der Waals surface area contributed by atoms with Gasteiger partial charge in [-0.1, -0.05) is 32.1 Å². The highest BCUT2D eigenvalue weighted by Crippen LogP contribution is 2.21. The molecule has 0 radical (unpaired) electrons. The first-order valence-electron chi connectivity index (χ1n) is 7.23. The number of esters is 1. The lowest BCUT2D eigenvalue weighted by Gasteiger charge is -2.21. The fourth-order valence-electron chi connectivity index (χ4n) is 2.11. The van der Waals surface area contributed by atoms with Crippen molar-refractivity contribution in [1.82, 2.24) is 5.32 Å². The fraction of sp³-hybridized carbons (Fsp3) is 0.500. The van der Waals surface area contributed by atoms with E-state index in [1.54, 1.807) is 11.3 Å². The van der Waals surface area contributed by atoms with E-state index in [0.717, 1.165) is 4.88 Å². The number of cyclic esters (lactones) is 1. The van der Waals surface area contributed by atoms with Gasteiger partial charge in [-0.2, -0.15) is 0 Å². The van der Waals surface area contributed by atoms with Crippen LogP contribution in [0.3, 0.4) is 0 Å². The summed E-state index contributed by atoms with van der Waals surface area (Å²) in [6.07, 6.45) is 5.26. The van der Waals surface area contributed by atoms with Crippen LogP contribution < -0.4 is 5.32 Å². The van der Waals surface area contributed by atoms with E-state index in [-0.39, 0.29) is 36.4 Å². The summed E-state index contributed by atoms with van der Waals surface area (Å²) in [6.45, 7) is 3.96. The zero-order chi connectivity index (χ0) is 15.2. The number of nitrogens with one attached hydrogen (secondary N) is 1. The molecule has 0 aromatic carbocycles. The molecule has 1 N–H and O–H groups in total. The van der Waals surface area contributed by atoms with Gasteiger partial charge in [0.2, 0.25) is 5.91 Å². The summed E-state index contributed by atoms with van der Waals surface area (Å²) in [4.78, 5) is 25.1. The summed E-state index contributed by atoms with van der Waals surface area (Å²) >= 11 is 1.55. The summed E-state index contributed by atoms with van der Waals surface area (Å²) in [5, 5.41) is 4.94. The summed E-state index contributed by atoms with van der Waals surface area (Å²) in [7, 11) is 0. The van der Waals surface area contributed by atoms with Gasteiger partial charge in [-0.15, -0.1) is 11.3 Å². The Labute approximate surface area is 129 Å². The van der Waals surface area contributed by atoms with Crippen molar-refractivity contribution in [3.05, 3.63) is 34.5 Å². The van der Waals surface area contributed by atoms with Crippen LogP contribution in [-0.4, -0.2) is 18.5 Å². The molecule has 3 atom stereocenters. The van der Waals surface area contributed by atoms with E-state index in [0.29, 0.717) is 12.8 Å². The van der Waals surface area contributed by atoms with Crippen LogP contribution in [0.4, 0.5) is 0 Å². The molecule has 1 aliphatic rings. The normalized spacial score (nSPS) is 29.7. The second-order valence-electron chi connectivity index (χ2n) is 5.45. The molecule has 21 heavy (non-hydrogen) atoms. The van der Waals surface area contributed by atoms with Crippen molar-refractivity contribution in [3.8, 4) is 0 Å². The molecule has 114 valence electrons. The zero-order valence-electron chi connectivity index (χ0n) is 12.4. The fourth-order valence-corrected chi connectivity index (χ4v) is 2.87. The predicted molar refractivity (Wildman–Crippen MR) is 82.9 cm³/mol. The molecule has 0 saturated carbocycles. The Kier molecular flexibility index (Phi) is 5.56. The van der Waals surface area contributed by atoms with Crippen molar-refractivity contribution in [2.24, 2.45) is 11.8 Å². The van der Waals surface area contributed by atoms with Crippen molar-refractivity contribution in [3.63, 3.8) is 0 Å². The lowest BCUT2D eigenvalue weighted by molar-refractivity contribution is -0.149. The highest BCUT2D eigenvalue weighted by molar-refractivity contribution is 7.10. The first-order valence-corrected chi connectivity index (χ1v) is 8.11. The van der Waals surface area contributed by atoms with Crippen molar-refractivity contribution >= 4 is 23.2 Å². The summed E-state index contributed by atoms with van der Waals surface area (Å²) in [5.41, 5.74) is 0. The second-order valence-corrected chi connectivity index (χ2v) is 6.43. The first kappa shape index (κ1) is 15.8. The molecule has 1 aromatic rings. The Balaban J connectivity index is 2.16. The van der Waals surface area contributed by atoms with Crippen LogP contribution in [0.25, 0.3) is 0 Å². The van der Waals surface area contributed by atoms with E-state index in [1.807, 2.05) is 43.5 Å². The molecule has 1 unspecified atom stereocenters. The summed E-state index contributed by atoms with van der Waals surface area (Å²) in [6, 6.07) is 3.61. The van der Waals surface area contributed by atoms with E-state index in [4.69, 9.17) is 4.74 Å².